The Morgan fingerprint density at radius 1 is 1.12 bits per heavy atom. The van der Waals surface area contributed by atoms with Gasteiger partial charge in [0.2, 0.25) is 5.91 Å². The monoisotopic (exact) mass is 241 g/mol. The van der Waals surface area contributed by atoms with Crippen molar-refractivity contribution < 1.29 is 14.7 Å². The third-order valence-electron chi connectivity index (χ3n) is 3.43. The third kappa shape index (κ3) is 3.72. The van der Waals surface area contributed by atoms with Crippen LogP contribution in [0.4, 0.5) is 0 Å². The molecule has 4 heteroatoms. The van der Waals surface area contributed by atoms with Crippen molar-refractivity contribution in [3.05, 3.63) is 0 Å². The molecule has 1 saturated carbocycles. The zero-order valence-electron chi connectivity index (χ0n) is 10.8. The number of hydrogen-bond acceptors (Lipinski definition) is 2. The molecule has 98 valence electrons. The van der Waals surface area contributed by atoms with Crippen LogP contribution in [-0.2, 0) is 9.59 Å². The summed E-state index contributed by atoms with van der Waals surface area (Å²) < 4.78 is 0. The van der Waals surface area contributed by atoms with E-state index in [1.807, 2.05) is 4.90 Å². The topological polar surface area (TPSA) is 57.6 Å². The number of nitrogens with zero attached hydrogens (tertiary/aromatic N) is 1. The summed E-state index contributed by atoms with van der Waals surface area (Å²) in [4.78, 5) is 25.0. The van der Waals surface area contributed by atoms with E-state index in [0.29, 0.717) is 12.8 Å². The molecule has 1 aliphatic carbocycles. The van der Waals surface area contributed by atoms with E-state index in [-0.39, 0.29) is 17.7 Å². The summed E-state index contributed by atoms with van der Waals surface area (Å²) in [7, 11) is 0. The minimum Gasteiger partial charge on any atom is -0.481 e. The maximum absolute atomic E-state index is 12.2. The highest BCUT2D eigenvalue weighted by atomic mass is 16.4. The lowest BCUT2D eigenvalue weighted by molar-refractivity contribution is -0.141. The largest absolute Gasteiger partial charge is 0.481 e. The van der Waals surface area contributed by atoms with Crippen LogP contribution in [0.25, 0.3) is 0 Å². The fraction of sp³-hybridized carbons (Fsp3) is 0.846. The molecule has 0 heterocycles. The molecular weight excluding hydrogens is 218 g/mol. The van der Waals surface area contributed by atoms with Gasteiger partial charge in [0.05, 0.1) is 5.92 Å². The number of hydrogen-bond donors (Lipinski definition) is 1. The second-order valence-electron chi connectivity index (χ2n) is 4.87. The van der Waals surface area contributed by atoms with Crippen LogP contribution in [0.15, 0.2) is 0 Å². The van der Waals surface area contributed by atoms with Gasteiger partial charge in [-0.05, 0) is 32.1 Å². The summed E-state index contributed by atoms with van der Waals surface area (Å²) in [5.74, 6) is -0.960. The fourth-order valence-electron chi connectivity index (χ4n) is 2.56. The molecule has 0 bridgehead atoms. The standard InChI is InChI=1S/C13H23NO3/c1-3-7-14(8-4-2)12(15)10-5-6-11(9-10)13(16)17/h10-11H,3-9H2,1-2H3,(H,16,17)/t10-,11+/m1/s1. The molecule has 1 aliphatic rings. The van der Waals surface area contributed by atoms with E-state index in [0.717, 1.165) is 32.4 Å². The molecule has 0 radical (unpaired) electrons. The van der Waals surface area contributed by atoms with Crippen LogP contribution in [0.5, 0.6) is 0 Å². The summed E-state index contributed by atoms with van der Waals surface area (Å²) in [5, 5.41) is 8.93. The summed E-state index contributed by atoms with van der Waals surface area (Å²) in [6.07, 6.45) is 3.83. The molecule has 0 aromatic rings. The molecule has 1 rings (SSSR count). The van der Waals surface area contributed by atoms with Crippen molar-refractivity contribution in [2.75, 3.05) is 13.1 Å². The van der Waals surface area contributed by atoms with Gasteiger partial charge in [-0.2, -0.15) is 0 Å². The van der Waals surface area contributed by atoms with E-state index in [9.17, 15) is 9.59 Å². The Bertz CT molecular complexity index is 272. The maximum Gasteiger partial charge on any atom is 0.306 e. The van der Waals surface area contributed by atoms with E-state index < -0.39 is 5.97 Å². The minimum absolute atomic E-state index is 0.0609. The highest BCUT2D eigenvalue weighted by molar-refractivity contribution is 5.81. The molecule has 0 aromatic heterocycles. The smallest absolute Gasteiger partial charge is 0.306 e. The van der Waals surface area contributed by atoms with Crippen molar-refractivity contribution in [3.63, 3.8) is 0 Å². The van der Waals surface area contributed by atoms with Crippen LogP contribution in [0.2, 0.25) is 0 Å². The summed E-state index contributed by atoms with van der Waals surface area (Å²) in [5.41, 5.74) is 0. The van der Waals surface area contributed by atoms with Crippen molar-refractivity contribution in [3.8, 4) is 0 Å². The lowest BCUT2D eigenvalue weighted by atomic mass is 10.0. The molecule has 4 nitrogen and oxygen atoms in total. The Balaban J connectivity index is 2.54. The predicted octanol–water partition coefficient (Wildman–Crippen LogP) is 2.14. The van der Waals surface area contributed by atoms with Gasteiger partial charge in [-0.3, -0.25) is 9.59 Å². The van der Waals surface area contributed by atoms with Gasteiger partial charge in [0.25, 0.3) is 0 Å². The number of carboxylic acid groups (broad SMARTS) is 1. The normalized spacial score (nSPS) is 23.6. The highest BCUT2D eigenvalue weighted by Gasteiger charge is 2.35. The van der Waals surface area contributed by atoms with E-state index in [1.165, 1.54) is 0 Å². The molecule has 0 aromatic carbocycles. The first-order valence-corrected chi connectivity index (χ1v) is 6.61. The maximum atomic E-state index is 12.2. The lowest BCUT2D eigenvalue weighted by Gasteiger charge is -2.24. The fourth-order valence-corrected chi connectivity index (χ4v) is 2.56. The first kappa shape index (κ1) is 14.0. The predicted molar refractivity (Wildman–Crippen MR) is 65.6 cm³/mol. The lowest BCUT2D eigenvalue weighted by Crippen LogP contribution is -2.36. The number of amides is 1. The van der Waals surface area contributed by atoms with Crippen molar-refractivity contribution in [2.24, 2.45) is 11.8 Å². The second-order valence-corrected chi connectivity index (χ2v) is 4.87. The average Bonchev–Trinajstić information content (AvgIpc) is 2.77. The van der Waals surface area contributed by atoms with Gasteiger partial charge < -0.3 is 10.0 Å². The number of carbonyl (C=O) groups is 2. The van der Waals surface area contributed by atoms with E-state index in [4.69, 9.17) is 5.11 Å². The molecule has 1 N–H and O–H groups in total. The van der Waals surface area contributed by atoms with E-state index in [1.54, 1.807) is 0 Å². The van der Waals surface area contributed by atoms with Crippen molar-refractivity contribution in [1.82, 2.24) is 4.90 Å². The number of aliphatic carboxylic acids is 1. The molecule has 0 unspecified atom stereocenters. The van der Waals surface area contributed by atoms with Gasteiger partial charge in [-0.1, -0.05) is 13.8 Å². The molecule has 1 fully saturated rings. The zero-order valence-corrected chi connectivity index (χ0v) is 10.8. The molecule has 2 atom stereocenters. The third-order valence-corrected chi connectivity index (χ3v) is 3.43. The highest BCUT2D eigenvalue weighted by Crippen LogP contribution is 2.32. The van der Waals surface area contributed by atoms with Crippen molar-refractivity contribution >= 4 is 11.9 Å². The van der Waals surface area contributed by atoms with Crippen molar-refractivity contribution in [2.45, 2.75) is 46.0 Å². The summed E-state index contributed by atoms with van der Waals surface area (Å²) in [6.45, 7) is 5.71. The Labute approximate surface area is 103 Å². The molecule has 0 saturated heterocycles. The van der Waals surface area contributed by atoms with Gasteiger partial charge in [0.1, 0.15) is 0 Å². The van der Waals surface area contributed by atoms with Crippen LogP contribution in [0.3, 0.4) is 0 Å². The molecule has 17 heavy (non-hydrogen) atoms. The summed E-state index contributed by atoms with van der Waals surface area (Å²) in [6, 6.07) is 0. The molecular formula is C13H23NO3. The first-order valence-electron chi connectivity index (χ1n) is 6.61. The van der Waals surface area contributed by atoms with Crippen LogP contribution >= 0.6 is 0 Å². The number of carbonyl (C=O) groups excluding carboxylic acids is 1. The minimum atomic E-state index is -0.752. The van der Waals surface area contributed by atoms with Gasteiger partial charge >= 0.3 is 5.97 Å². The van der Waals surface area contributed by atoms with E-state index in [2.05, 4.69) is 13.8 Å². The summed E-state index contributed by atoms with van der Waals surface area (Å²) >= 11 is 0. The Hall–Kier alpha value is -1.06. The van der Waals surface area contributed by atoms with Crippen LogP contribution in [0, 0.1) is 11.8 Å². The Morgan fingerprint density at radius 2 is 1.65 bits per heavy atom. The van der Waals surface area contributed by atoms with E-state index >= 15 is 0 Å². The van der Waals surface area contributed by atoms with Crippen molar-refractivity contribution in [1.29, 1.82) is 0 Å². The quantitative estimate of drug-likeness (QED) is 0.775. The molecule has 1 amide bonds. The Morgan fingerprint density at radius 3 is 2.06 bits per heavy atom. The zero-order chi connectivity index (χ0) is 12.8. The second kappa shape index (κ2) is 6.62. The van der Waals surface area contributed by atoms with Gasteiger partial charge in [-0.25, -0.2) is 0 Å². The Kier molecular flexibility index (Phi) is 5.45. The number of carboxylic acids is 1. The van der Waals surface area contributed by atoms with Gasteiger partial charge in [0.15, 0.2) is 0 Å². The molecule has 0 spiro atoms. The van der Waals surface area contributed by atoms with Gasteiger partial charge in [-0.15, -0.1) is 0 Å². The first-order chi connectivity index (χ1) is 8.10. The molecule has 0 aliphatic heterocycles. The van der Waals surface area contributed by atoms with Gasteiger partial charge in [0, 0.05) is 19.0 Å². The van der Waals surface area contributed by atoms with Crippen LogP contribution in [0.1, 0.15) is 46.0 Å². The van der Waals surface area contributed by atoms with Crippen LogP contribution in [-0.4, -0.2) is 35.0 Å². The average molecular weight is 241 g/mol. The SMILES string of the molecule is CCCN(CCC)C(=O)[C@@H]1CC[C@H](C(=O)O)C1. The number of rotatable bonds is 6. The van der Waals surface area contributed by atoms with Crippen LogP contribution < -0.4 is 0 Å².